The van der Waals surface area contributed by atoms with Gasteiger partial charge < -0.3 is 14.3 Å². The molecule has 2 aromatic carbocycles. The Morgan fingerprint density at radius 3 is 2.59 bits per heavy atom. The SMILES string of the molecule is O[C@H](COc1ccc(Cl)cc1)CN(Cc1cccc(F)c1)Cc1ccco1. The maximum Gasteiger partial charge on any atom is 0.123 e. The van der Waals surface area contributed by atoms with Gasteiger partial charge in [0.25, 0.3) is 0 Å². The van der Waals surface area contributed by atoms with Crippen molar-refractivity contribution in [3.63, 3.8) is 0 Å². The van der Waals surface area contributed by atoms with Crippen LogP contribution < -0.4 is 4.74 Å². The Kier molecular flexibility index (Phi) is 6.87. The molecule has 0 unspecified atom stereocenters. The minimum Gasteiger partial charge on any atom is -0.491 e. The number of furan rings is 1. The maximum absolute atomic E-state index is 13.5. The fourth-order valence-electron chi connectivity index (χ4n) is 2.78. The quantitative estimate of drug-likeness (QED) is 0.584. The molecule has 1 atom stereocenters. The molecule has 0 amide bonds. The van der Waals surface area contributed by atoms with Crippen LogP contribution in [0.15, 0.2) is 71.3 Å². The van der Waals surface area contributed by atoms with Gasteiger partial charge >= 0.3 is 0 Å². The van der Waals surface area contributed by atoms with Crippen LogP contribution in [0.2, 0.25) is 5.02 Å². The summed E-state index contributed by atoms with van der Waals surface area (Å²) in [5, 5.41) is 11.0. The molecule has 142 valence electrons. The number of benzene rings is 2. The van der Waals surface area contributed by atoms with Crippen molar-refractivity contribution in [1.82, 2.24) is 4.90 Å². The predicted octanol–water partition coefficient (Wildman–Crippen LogP) is 4.51. The molecule has 1 aromatic heterocycles. The van der Waals surface area contributed by atoms with Crippen molar-refractivity contribution in [2.75, 3.05) is 13.2 Å². The summed E-state index contributed by atoms with van der Waals surface area (Å²) >= 11 is 5.85. The third kappa shape index (κ3) is 6.40. The lowest BCUT2D eigenvalue weighted by Crippen LogP contribution is -2.35. The van der Waals surface area contributed by atoms with Crippen molar-refractivity contribution in [3.8, 4) is 5.75 Å². The number of nitrogens with zero attached hydrogens (tertiary/aromatic N) is 1. The molecule has 0 aliphatic carbocycles. The number of hydrogen-bond donors (Lipinski definition) is 1. The molecule has 1 heterocycles. The summed E-state index contributed by atoms with van der Waals surface area (Å²) in [6.45, 7) is 1.47. The van der Waals surface area contributed by atoms with Crippen molar-refractivity contribution in [2.45, 2.75) is 19.2 Å². The number of aliphatic hydroxyl groups is 1. The number of halogens is 2. The molecule has 0 aliphatic heterocycles. The first kappa shape index (κ1) is 19.4. The first-order valence-electron chi connectivity index (χ1n) is 8.64. The minimum atomic E-state index is -0.718. The second-order valence-electron chi connectivity index (χ2n) is 6.30. The number of aliphatic hydroxyl groups excluding tert-OH is 1. The Morgan fingerprint density at radius 2 is 1.89 bits per heavy atom. The Morgan fingerprint density at radius 1 is 1.07 bits per heavy atom. The minimum absolute atomic E-state index is 0.138. The van der Waals surface area contributed by atoms with E-state index in [0.717, 1.165) is 11.3 Å². The molecular weight excluding hydrogens is 369 g/mol. The average Bonchev–Trinajstić information content (AvgIpc) is 3.14. The third-order valence-electron chi connectivity index (χ3n) is 3.98. The van der Waals surface area contributed by atoms with Crippen LogP contribution >= 0.6 is 11.6 Å². The van der Waals surface area contributed by atoms with Gasteiger partial charge in [-0.2, -0.15) is 0 Å². The molecule has 0 saturated heterocycles. The predicted molar refractivity (Wildman–Crippen MR) is 102 cm³/mol. The van der Waals surface area contributed by atoms with Crippen LogP contribution in [-0.2, 0) is 13.1 Å². The summed E-state index contributed by atoms with van der Waals surface area (Å²) in [7, 11) is 0. The molecule has 0 spiro atoms. The fourth-order valence-corrected chi connectivity index (χ4v) is 2.90. The van der Waals surface area contributed by atoms with E-state index in [-0.39, 0.29) is 12.4 Å². The van der Waals surface area contributed by atoms with Gasteiger partial charge in [-0.25, -0.2) is 4.39 Å². The van der Waals surface area contributed by atoms with Gasteiger partial charge in [-0.15, -0.1) is 0 Å². The highest BCUT2D eigenvalue weighted by Gasteiger charge is 2.15. The van der Waals surface area contributed by atoms with Crippen LogP contribution in [0, 0.1) is 5.82 Å². The van der Waals surface area contributed by atoms with E-state index in [1.165, 1.54) is 12.1 Å². The van der Waals surface area contributed by atoms with Crippen molar-refractivity contribution >= 4 is 11.6 Å². The first-order valence-corrected chi connectivity index (χ1v) is 9.02. The highest BCUT2D eigenvalue weighted by atomic mass is 35.5. The molecule has 1 N–H and O–H groups in total. The van der Waals surface area contributed by atoms with Crippen molar-refractivity contribution < 1.29 is 18.7 Å². The topological polar surface area (TPSA) is 45.8 Å². The average molecular weight is 390 g/mol. The zero-order valence-corrected chi connectivity index (χ0v) is 15.5. The van der Waals surface area contributed by atoms with Gasteiger partial charge in [-0.3, -0.25) is 4.90 Å². The summed E-state index contributed by atoms with van der Waals surface area (Å²) in [6, 6.07) is 17.1. The van der Waals surface area contributed by atoms with E-state index < -0.39 is 6.10 Å². The molecule has 3 aromatic rings. The standard InChI is InChI=1S/C21H21ClFNO3/c22-17-6-8-20(9-7-17)27-15-19(25)13-24(14-21-5-2-10-26-21)12-16-3-1-4-18(23)11-16/h1-11,19,25H,12-15H2/t19-/m0/s1. The van der Waals surface area contributed by atoms with Crippen LogP contribution in [0.1, 0.15) is 11.3 Å². The Balaban J connectivity index is 1.60. The smallest absolute Gasteiger partial charge is 0.123 e. The zero-order chi connectivity index (χ0) is 19.1. The van der Waals surface area contributed by atoms with E-state index in [9.17, 15) is 9.50 Å². The van der Waals surface area contributed by atoms with Crippen LogP contribution in [0.25, 0.3) is 0 Å². The Bertz CT molecular complexity index is 824. The lowest BCUT2D eigenvalue weighted by molar-refractivity contribution is 0.0604. The third-order valence-corrected chi connectivity index (χ3v) is 4.23. The van der Waals surface area contributed by atoms with Gasteiger partial charge in [0, 0.05) is 18.1 Å². The summed E-state index contributed by atoms with van der Waals surface area (Å²) in [5.74, 6) is 1.13. The number of ether oxygens (including phenoxy) is 1. The summed E-state index contributed by atoms with van der Waals surface area (Å²) in [6.07, 6.45) is 0.889. The van der Waals surface area contributed by atoms with Crippen molar-refractivity contribution in [2.24, 2.45) is 0 Å². The fraction of sp³-hybridized carbons (Fsp3) is 0.238. The van der Waals surface area contributed by atoms with Gasteiger partial charge in [0.05, 0.1) is 12.8 Å². The van der Waals surface area contributed by atoms with E-state index in [0.29, 0.717) is 30.4 Å². The molecular formula is C21H21ClFNO3. The lowest BCUT2D eigenvalue weighted by Gasteiger charge is -2.24. The van der Waals surface area contributed by atoms with E-state index >= 15 is 0 Å². The second kappa shape index (κ2) is 9.55. The van der Waals surface area contributed by atoms with E-state index in [1.807, 2.05) is 23.1 Å². The number of hydrogen-bond acceptors (Lipinski definition) is 4. The van der Waals surface area contributed by atoms with E-state index in [2.05, 4.69) is 0 Å². The molecule has 0 radical (unpaired) electrons. The maximum atomic E-state index is 13.5. The molecule has 0 saturated carbocycles. The van der Waals surface area contributed by atoms with E-state index in [1.54, 1.807) is 36.6 Å². The van der Waals surface area contributed by atoms with Gasteiger partial charge in [0.1, 0.15) is 30.0 Å². The van der Waals surface area contributed by atoms with Crippen LogP contribution in [0.5, 0.6) is 5.75 Å². The van der Waals surface area contributed by atoms with Crippen LogP contribution in [0.3, 0.4) is 0 Å². The largest absolute Gasteiger partial charge is 0.491 e. The van der Waals surface area contributed by atoms with Gasteiger partial charge in [-0.05, 0) is 54.1 Å². The Labute approximate surface area is 162 Å². The molecule has 0 bridgehead atoms. The van der Waals surface area contributed by atoms with Crippen LogP contribution in [0.4, 0.5) is 4.39 Å². The molecule has 0 fully saturated rings. The molecule has 6 heteroatoms. The highest BCUT2D eigenvalue weighted by molar-refractivity contribution is 6.30. The van der Waals surface area contributed by atoms with Gasteiger partial charge in [0.15, 0.2) is 0 Å². The monoisotopic (exact) mass is 389 g/mol. The van der Waals surface area contributed by atoms with E-state index in [4.69, 9.17) is 20.8 Å². The summed E-state index contributed by atoms with van der Waals surface area (Å²) < 4.78 is 24.5. The second-order valence-corrected chi connectivity index (χ2v) is 6.73. The van der Waals surface area contributed by atoms with Crippen LogP contribution in [-0.4, -0.2) is 29.3 Å². The summed E-state index contributed by atoms with van der Waals surface area (Å²) in [5.41, 5.74) is 0.826. The molecule has 27 heavy (non-hydrogen) atoms. The molecule has 0 aliphatic rings. The molecule has 3 rings (SSSR count). The zero-order valence-electron chi connectivity index (χ0n) is 14.7. The number of rotatable bonds is 9. The van der Waals surface area contributed by atoms with Crippen molar-refractivity contribution in [3.05, 3.63) is 89.1 Å². The molecule has 4 nitrogen and oxygen atoms in total. The first-order chi connectivity index (χ1) is 13.1. The summed E-state index contributed by atoms with van der Waals surface area (Å²) in [4.78, 5) is 1.99. The Hall–Kier alpha value is -2.34. The van der Waals surface area contributed by atoms with Crippen molar-refractivity contribution in [1.29, 1.82) is 0 Å². The highest BCUT2D eigenvalue weighted by Crippen LogP contribution is 2.16. The lowest BCUT2D eigenvalue weighted by atomic mass is 10.2. The van der Waals surface area contributed by atoms with Gasteiger partial charge in [0.2, 0.25) is 0 Å². The normalized spacial score (nSPS) is 12.3. The van der Waals surface area contributed by atoms with Gasteiger partial charge in [-0.1, -0.05) is 23.7 Å².